The average molecular weight is 379 g/mol. The van der Waals surface area contributed by atoms with Crippen LogP contribution in [-0.2, 0) is 6.54 Å². The predicted octanol–water partition coefficient (Wildman–Crippen LogP) is 3.70. The van der Waals surface area contributed by atoms with Crippen molar-refractivity contribution >= 4 is 23.4 Å². The number of fused-ring (bicyclic) bond motifs is 1. The molecule has 0 bridgehead atoms. The van der Waals surface area contributed by atoms with E-state index in [1.54, 1.807) is 24.3 Å². The van der Waals surface area contributed by atoms with Crippen LogP contribution in [0, 0.1) is 6.92 Å². The second-order valence-corrected chi connectivity index (χ2v) is 7.22. The number of ether oxygens (including phenoxy) is 1. The fourth-order valence-corrected chi connectivity index (χ4v) is 3.63. The number of anilines is 1. The highest BCUT2D eigenvalue weighted by molar-refractivity contribution is 7.99. The summed E-state index contributed by atoms with van der Waals surface area (Å²) in [4.78, 5) is 29.0. The Balaban J connectivity index is 1.46. The van der Waals surface area contributed by atoms with Crippen molar-refractivity contribution < 1.29 is 9.53 Å². The summed E-state index contributed by atoms with van der Waals surface area (Å²) in [5.41, 5.74) is 1.48. The van der Waals surface area contributed by atoms with Crippen molar-refractivity contribution in [3.8, 4) is 11.5 Å². The number of carbonyl (C=O) groups excluding carboxylic acids is 1. The molecule has 2 heterocycles. The summed E-state index contributed by atoms with van der Waals surface area (Å²) in [6.07, 6.45) is 1.34. The van der Waals surface area contributed by atoms with Gasteiger partial charge in [0, 0.05) is 24.2 Å². The van der Waals surface area contributed by atoms with Gasteiger partial charge in [0.15, 0.2) is 5.16 Å². The molecule has 4 rings (SSSR count). The van der Waals surface area contributed by atoms with E-state index in [0.717, 1.165) is 17.1 Å². The highest BCUT2D eigenvalue weighted by atomic mass is 32.2. The molecule has 6 nitrogen and oxygen atoms in total. The van der Waals surface area contributed by atoms with E-state index in [9.17, 15) is 9.59 Å². The molecule has 0 radical (unpaired) electrons. The van der Waals surface area contributed by atoms with Crippen LogP contribution in [0.3, 0.4) is 0 Å². The lowest BCUT2D eigenvalue weighted by Crippen LogP contribution is -2.29. The molecular formula is C20H17N3O3S. The van der Waals surface area contributed by atoms with Crippen molar-refractivity contribution in [1.82, 2.24) is 9.55 Å². The summed E-state index contributed by atoms with van der Waals surface area (Å²) < 4.78 is 7.31. The first-order chi connectivity index (χ1) is 13.1. The van der Waals surface area contributed by atoms with E-state index < -0.39 is 5.91 Å². The van der Waals surface area contributed by atoms with Crippen molar-refractivity contribution in [1.29, 1.82) is 0 Å². The first kappa shape index (κ1) is 17.4. The molecule has 3 aromatic rings. The fraction of sp³-hybridized carbons (Fsp3) is 0.150. The van der Waals surface area contributed by atoms with E-state index in [4.69, 9.17) is 4.74 Å². The third kappa shape index (κ3) is 3.73. The lowest BCUT2D eigenvalue weighted by atomic mass is 10.2. The van der Waals surface area contributed by atoms with Gasteiger partial charge in [-0.1, -0.05) is 29.5 Å². The Hall–Kier alpha value is -3.06. The molecule has 0 saturated carbocycles. The third-order valence-corrected chi connectivity index (χ3v) is 5.14. The van der Waals surface area contributed by atoms with Gasteiger partial charge in [-0.05, 0) is 43.3 Å². The van der Waals surface area contributed by atoms with E-state index in [0.29, 0.717) is 23.1 Å². The molecule has 1 N–H and O–H groups in total. The monoisotopic (exact) mass is 379 g/mol. The number of thioether (sulfide) groups is 1. The topological polar surface area (TPSA) is 73.2 Å². The molecule has 1 amide bonds. The molecule has 1 aliphatic heterocycles. The molecule has 1 aromatic heterocycles. The van der Waals surface area contributed by atoms with Gasteiger partial charge in [-0.15, -0.1) is 0 Å². The Bertz CT molecular complexity index is 1040. The van der Waals surface area contributed by atoms with Crippen LogP contribution >= 0.6 is 11.8 Å². The smallest absolute Gasteiger partial charge is 0.267 e. The quantitative estimate of drug-likeness (QED) is 0.700. The molecule has 0 spiro atoms. The molecule has 7 heteroatoms. The normalized spacial score (nSPS) is 12.5. The first-order valence-electron chi connectivity index (χ1n) is 8.49. The summed E-state index contributed by atoms with van der Waals surface area (Å²) in [6, 6.07) is 14.7. The second-order valence-electron chi connectivity index (χ2n) is 6.15. The minimum absolute atomic E-state index is 0.0428. The summed E-state index contributed by atoms with van der Waals surface area (Å²) in [5, 5.41) is 3.40. The zero-order chi connectivity index (χ0) is 18.8. The van der Waals surface area contributed by atoms with Gasteiger partial charge < -0.3 is 10.1 Å². The molecule has 27 heavy (non-hydrogen) atoms. The van der Waals surface area contributed by atoms with Crippen LogP contribution in [0.2, 0.25) is 0 Å². The third-order valence-electron chi connectivity index (χ3n) is 4.17. The zero-order valence-corrected chi connectivity index (χ0v) is 15.5. The van der Waals surface area contributed by atoms with Crippen molar-refractivity contribution in [3.63, 3.8) is 0 Å². The summed E-state index contributed by atoms with van der Waals surface area (Å²) in [6.45, 7) is 2.60. The average Bonchev–Trinajstić information content (AvgIpc) is 3.15. The number of nitrogens with one attached hydrogen (secondary N) is 1. The Morgan fingerprint density at radius 1 is 1.11 bits per heavy atom. The van der Waals surface area contributed by atoms with Crippen LogP contribution in [-0.4, -0.2) is 21.2 Å². The minimum atomic E-state index is -0.466. The van der Waals surface area contributed by atoms with E-state index in [1.807, 2.05) is 31.2 Å². The molecule has 1 aliphatic rings. The molecule has 0 unspecified atom stereocenters. The molecular weight excluding hydrogens is 362 g/mol. The number of hydrogen-bond donors (Lipinski definition) is 1. The highest BCUT2D eigenvalue weighted by Crippen LogP contribution is 2.24. The SMILES string of the molecule is Cc1ccc(Oc2ccc(NC(=O)c3cnc4n(c3=O)CCS4)cc2)cc1. The lowest BCUT2D eigenvalue weighted by molar-refractivity contribution is 0.102. The van der Waals surface area contributed by atoms with Gasteiger partial charge in [0.05, 0.1) is 0 Å². The number of rotatable bonds is 4. The maximum Gasteiger partial charge on any atom is 0.267 e. The highest BCUT2D eigenvalue weighted by Gasteiger charge is 2.20. The predicted molar refractivity (Wildman–Crippen MR) is 105 cm³/mol. The summed E-state index contributed by atoms with van der Waals surface area (Å²) in [5.74, 6) is 1.74. The van der Waals surface area contributed by atoms with Crippen molar-refractivity contribution in [2.45, 2.75) is 18.6 Å². The standard InChI is InChI=1S/C20H17N3O3S/c1-13-2-6-15(7-3-13)26-16-8-4-14(5-9-16)22-18(24)17-12-21-20-23(19(17)25)10-11-27-20/h2-9,12H,10-11H2,1H3,(H,22,24). The Kier molecular flexibility index (Phi) is 4.68. The molecule has 136 valence electrons. The fourth-order valence-electron chi connectivity index (χ4n) is 2.72. The lowest BCUT2D eigenvalue weighted by Gasteiger charge is -2.09. The maximum atomic E-state index is 12.4. The van der Waals surface area contributed by atoms with E-state index in [2.05, 4.69) is 10.3 Å². The van der Waals surface area contributed by atoms with Crippen molar-refractivity contribution in [2.75, 3.05) is 11.1 Å². The van der Waals surface area contributed by atoms with Gasteiger partial charge in [0.25, 0.3) is 11.5 Å². The van der Waals surface area contributed by atoms with Crippen LogP contribution < -0.4 is 15.6 Å². The van der Waals surface area contributed by atoms with Gasteiger partial charge in [0.2, 0.25) is 0 Å². The van der Waals surface area contributed by atoms with Gasteiger partial charge in [-0.2, -0.15) is 0 Å². The molecule has 0 atom stereocenters. The number of amides is 1. The largest absolute Gasteiger partial charge is 0.457 e. The van der Waals surface area contributed by atoms with E-state index in [1.165, 1.54) is 22.5 Å². The van der Waals surface area contributed by atoms with E-state index in [-0.39, 0.29) is 11.1 Å². The number of benzene rings is 2. The Morgan fingerprint density at radius 2 is 1.78 bits per heavy atom. The summed E-state index contributed by atoms with van der Waals surface area (Å²) >= 11 is 1.52. The number of hydrogen-bond acceptors (Lipinski definition) is 5. The first-order valence-corrected chi connectivity index (χ1v) is 9.47. The summed E-state index contributed by atoms with van der Waals surface area (Å²) in [7, 11) is 0. The van der Waals surface area contributed by atoms with Crippen molar-refractivity contribution in [3.05, 3.63) is 76.2 Å². The van der Waals surface area contributed by atoms with Gasteiger partial charge in [-0.25, -0.2) is 4.98 Å². The number of aryl methyl sites for hydroxylation is 1. The van der Waals surface area contributed by atoms with Gasteiger partial charge in [0.1, 0.15) is 17.1 Å². The van der Waals surface area contributed by atoms with Crippen molar-refractivity contribution in [2.24, 2.45) is 0 Å². The molecule has 0 aliphatic carbocycles. The zero-order valence-electron chi connectivity index (χ0n) is 14.6. The van der Waals surface area contributed by atoms with Gasteiger partial charge >= 0.3 is 0 Å². The van der Waals surface area contributed by atoms with Crippen LogP contribution in [0.15, 0.2) is 64.7 Å². The number of nitrogens with zero attached hydrogens (tertiary/aromatic N) is 2. The number of carbonyl (C=O) groups is 1. The molecule has 0 fully saturated rings. The van der Waals surface area contributed by atoms with Crippen LogP contribution in [0.4, 0.5) is 5.69 Å². The Morgan fingerprint density at radius 3 is 2.48 bits per heavy atom. The maximum absolute atomic E-state index is 12.4. The minimum Gasteiger partial charge on any atom is -0.457 e. The molecule has 2 aromatic carbocycles. The van der Waals surface area contributed by atoms with Crippen LogP contribution in [0.25, 0.3) is 0 Å². The molecule has 0 saturated heterocycles. The van der Waals surface area contributed by atoms with Crippen LogP contribution in [0.5, 0.6) is 11.5 Å². The van der Waals surface area contributed by atoms with Crippen LogP contribution in [0.1, 0.15) is 15.9 Å². The number of aromatic nitrogens is 2. The van der Waals surface area contributed by atoms with E-state index >= 15 is 0 Å². The Labute approximate surface area is 160 Å². The second kappa shape index (κ2) is 7.28. The van der Waals surface area contributed by atoms with Gasteiger partial charge in [-0.3, -0.25) is 14.2 Å².